The van der Waals surface area contributed by atoms with Crippen LogP contribution in [0.15, 0.2) is 30.3 Å². The van der Waals surface area contributed by atoms with Gasteiger partial charge in [-0.15, -0.1) is 0 Å². The first-order valence-corrected chi connectivity index (χ1v) is 7.74. The van der Waals surface area contributed by atoms with Gasteiger partial charge < -0.3 is 10.1 Å². The van der Waals surface area contributed by atoms with Crippen molar-refractivity contribution in [1.82, 2.24) is 5.32 Å². The van der Waals surface area contributed by atoms with E-state index < -0.39 is 0 Å². The number of aryl methyl sites for hydroxylation is 1. The molecule has 2 nitrogen and oxygen atoms in total. The fourth-order valence-electron chi connectivity index (χ4n) is 2.95. The summed E-state index contributed by atoms with van der Waals surface area (Å²) >= 11 is 12.3. The van der Waals surface area contributed by atoms with Crippen molar-refractivity contribution in [1.29, 1.82) is 0 Å². The summed E-state index contributed by atoms with van der Waals surface area (Å²) in [7, 11) is 1.95. The Morgan fingerprint density at radius 3 is 2.62 bits per heavy atom. The Balaban J connectivity index is 2.13. The summed E-state index contributed by atoms with van der Waals surface area (Å²) in [6.45, 7) is 2.79. The van der Waals surface area contributed by atoms with Gasteiger partial charge in [0.2, 0.25) is 0 Å². The van der Waals surface area contributed by atoms with Crippen LogP contribution in [0.5, 0.6) is 5.75 Å². The minimum Gasteiger partial charge on any atom is -0.493 e. The third-order valence-corrected chi connectivity index (χ3v) is 4.37. The maximum atomic E-state index is 6.28. The SMILES string of the molecule is CNC(c1ccc(Cl)cc1C)c1cc(Cl)cc2c1OCC2. The van der Waals surface area contributed by atoms with E-state index in [0.717, 1.165) is 39.9 Å². The van der Waals surface area contributed by atoms with E-state index in [9.17, 15) is 0 Å². The number of hydrogen-bond donors (Lipinski definition) is 1. The molecule has 0 fully saturated rings. The Hall–Kier alpha value is -1.22. The predicted octanol–water partition coefficient (Wildman–Crippen LogP) is 4.55. The lowest BCUT2D eigenvalue weighted by Gasteiger charge is -2.22. The van der Waals surface area contributed by atoms with Gasteiger partial charge in [0.25, 0.3) is 0 Å². The fraction of sp³-hybridized carbons (Fsp3) is 0.294. The van der Waals surface area contributed by atoms with Gasteiger partial charge in [-0.25, -0.2) is 0 Å². The molecule has 110 valence electrons. The summed E-state index contributed by atoms with van der Waals surface area (Å²) < 4.78 is 5.83. The number of ether oxygens (including phenoxy) is 1. The van der Waals surface area contributed by atoms with E-state index in [-0.39, 0.29) is 6.04 Å². The molecule has 0 aromatic heterocycles. The number of fused-ring (bicyclic) bond motifs is 1. The van der Waals surface area contributed by atoms with Crippen LogP contribution in [0, 0.1) is 6.92 Å². The quantitative estimate of drug-likeness (QED) is 0.895. The molecule has 0 spiro atoms. The molecule has 0 amide bonds. The van der Waals surface area contributed by atoms with Gasteiger partial charge in [0.15, 0.2) is 0 Å². The van der Waals surface area contributed by atoms with Gasteiger partial charge in [-0.1, -0.05) is 29.3 Å². The molecule has 1 aliphatic heterocycles. The first-order valence-electron chi connectivity index (χ1n) is 6.98. The lowest BCUT2D eigenvalue weighted by molar-refractivity contribution is 0.351. The van der Waals surface area contributed by atoms with E-state index >= 15 is 0 Å². The van der Waals surface area contributed by atoms with Crippen LogP contribution in [-0.4, -0.2) is 13.7 Å². The van der Waals surface area contributed by atoms with Gasteiger partial charge >= 0.3 is 0 Å². The summed E-state index contributed by atoms with van der Waals surface area (Å²) in [6.07, 6.45) is 0.916. The highest BCUT2D eigenvalue weighted by molar-refractivity contribution is 6.31. The lowest BCUT2D eigenvalue weighted by atomic mass is 9.93. The summed E-state index contributed by atoms with van der Waals surface area (Å²) in [6, 6.07) is 9.97. The van der Waals surface area contributed by atoms with E-state index in [2.05, 4.69) is 18.3 Å². The highest BCUT2D eigenvalue weighted by atomic mass is 35.5. The minimum atomic E-state index is 0.0350. The molecule has 0 aliphatic carbocycles. The number of halogens is 2. The highest BCUT2D eigenvalue weighted by Crippen LogP contribution is 2.39. The van der Waals surface area contributed by atoms with Gasteiger partial charge in [-0.05, 0) is 54.9 Å². The van der Waals surface area contributed by atoms with E-state index in [4.69, 9.17) is 27.9 Å². The van der Waals surface area contributed by atoms with Crippen LogP contribution >= 0.6 is 23.2 Å². The molecule has 1 heterocycles. The van der Waals surface area contributed by atoms with Crippen LogP contribution in [0.2, 0.25) is 10.0 Å². The molecule has 0 saturated heterocycles. The van der Waals surface area contributed by atoms with Crippen molar-refractivity contribution >= 4 is 23.2 Å². The molecular weight excluding hydrogens is 305 g/mol. The summed E-state index contributed by atoms with van der Waals surface area (Å²) in [5, 5.41) is 4.87. The smallest absolute Gasteiger partial charge is 0.127 e. The first-order chi connectivity index (χ1) is 10.1. The van der Waals surface area contributed by atoms with Crippen LogP contribution in [0.1, 0.15) is 28.3 Å². The minimum absolute atomic E-state index is 0.0350. The summed E-state index contributed by atoms with van der Waals surface area (Å²) in [5.74, 6) is 0.966. The number of benzene rings is 2. The second-order valence-electron chi connectivity index (χ2n) is 5.30. The number of nitrogens with one attached hydrogen (secondary N) is 1. The number of hydrogen-bond acceptors (Lipinski definition) is 2. The summed E-state index contributed by atoms with van der Waals surface area (Å²) in [5.41, 5.74) is 4.60. The van der Waals surface area contributed by atoms with Crippen LogP contribution in [-0.2, 0) is 6.42 Å². The molecule has 2 aromatic rings. The molecule has 0 bridgehead atoms. The van der Waals surface area contributed by atoms with Crippen molar-refractivity contribution in [3.63, 3.8) is 0 Å². The molecule has 0 radical (unpaired) electrons. The van der Waals surface area contributed by atoms with E-state index in [1.807, 2.05) is 31.3 Å². The Kier molecular flexibility index (Phi) is 4.12. The van der Waals surface area contributed by atoms with Crippen molar-refractivity contribution in [3.8, 4) is 5.75 Å². The Labute approximate surface area is 135 Å². The van der Waals surface area contributed by atoms with Crippen molar-refractivity contribution in [2.24, 2.45) is 0 Å². The summed E-state index contributed by atoms with van der Waals surface area (Å²) in [4.78, 5) is 0. The topological polar surface area (TPSA) is 21.3 Å². The van der Waals surface area contributed by atoms with Crippen LogP contribution in [0.25, 0.3) is 0 Å². The molecule has 0 saturated carbocycles. The molecule has 4 heteroatoms. The van der Waals surface area contributed by atoms with Crippen molar-refractivity contribution in [2.45, 2.75) is 19.4 Å². The third kappa shape index (κ3) is 2.76. The molecule has 1 atom stereocenters. The zero-order valence-corrected chi connectivity index (χ0v) is 13.6. The zero-order valence-electron chi connectivity index (χ0n) is 12.0. The Bertz CT molecular complexity index is 685. The second-order valence-corrected chi connectivity index (χ2v) is 6.18. The maximum absolute atomic E-state index is 6.28. The monoisotopic (exact) mass is 321 g/mol. The molecule has 21 heavy (non-hydrogen) atoms. The van der Waals surface area contributed by atoms with E-state index in [0.29, 0.717) is 0 Å². The Morgan fingerprint density at radius 1 is 1.10 bits per heavy atom. The van der Waals surface area contributed by atoms with Gasteiger partial charge in [-0.2, -0.15) is 0 Å². The van der Waals surface area contributed by atoms with E-state index in [1.165, 1.54) is 11.1 Å². The first kappa shape index (κ1) is 14.7. The average Bonchev–Trinajstić information content (AvgIpc) is 2.89. The molecule has 1 N–H and O–H groups in total. The lowest BCUT2D eigenvalue weighted by Crippen LogP contribution is -2.19. The largest absolute Gasteiger partial charge is 0.493 e. The van der Waals surface area contributed by atoms with Crippen LogP contribution in [0.4, 0.5) is 0 Å². The van der Waals surface area contributed by atoms with Crippen molar-refractivity contribution in [2.75, 3.05) is 13.7 Å². The standard InChI is InChI=1S/C17H17Cl2NO/c1-10-7-12(18)3-4-14(10)16(20-2)15-9-13(19)8-11-5-6-21-17(11)15/h3-4,7-9,16,20H,5-6H2,1-2H3. The van der Waals surface area contributed by atoms with Gasteiger partial charge in [0.05, 0.1) is 12.6 Å². The molecular formula is C17H17Cl2NO. The van der Waals surface area contributed by atoms with Gasteiger partial charge in [0, 0.05) is 22.0 Å². The highest BCUT2D eigenvalue weighted by Gasteiger charge is 2.24. The molecule has 1 aliphatic rings. The van der Waals surface area contributed by atoms with Crippen LogP contribution < -0.4 is 10.1 Å². The van der Waals surface area contributed by atoms with Gasteiger partial charge in [-0.3, -0.25) is 0 Å². The van der Waals surface area contributed by atoms with E-state index in [1.54, 1.807) is 0 Å². The third-order valence-electron chi connectivity index (χ3n) is 3.92. The Morgan fingerprint density at radius 2 is 1.90 bits per heavy atom. The maximum Gasteiger partial charge on any atom is 0.127 e. The normalized spacial score (nSPS) is 14.7. The average molecular weight is 322 g/mol. The molecule has 2 aromatic carbocycles. The number of rotatable bonds is 3. The second kappa shape index (κ2) is 5.88. The zero-order chi connectivity index (χ0) is 15.0. The molecule has 1 unspecified atom stereocenters. The molecule has 3 rings (SSSR count). The van der Waals surface area contributed by atoms with Crippen LogP contribution in [0.3, 0.4) is 0 Å². The van der Waals surface area contributed by atoms with Crippen molar-refractivity contribution in [3.05, 3.63) is 62.6 Å². The fourth-order valence-corrected chi connectivity index (χ4v) is 3.43. The predicted molar refractivity (Wildman–Crippen MR) is 87.7 cm³/mol. The van der Waals surface area contributed by atoms with Gasteiger partial charge in [0.1, 0.15) is 5.75 Å². The van der Waals surface area contributed by atoms with Crippen molar-refractivity contribution < 1.29 is 4.74 Å².